The van der Waals surface area contributed by atoms with E-state index in [4.69, 9.17) is 0 Å². The molecule has 1 amide bonds. The molecule has 1 N–H and O–H groups in total. The summed E-state index contributed by atoms with van der Waals surface area (Å²) in [4.78, 5) is 12.2. The summed E-state index contributed by atoms with van der Waals surface area (Å²) >= 11 is 0. The van der Waals surface area contributed by atoms with Gasteiger partial charge < -0.3 is 0 Å². The molecule has 1 aromatic rings. The van der Waals surface area contributed by atoms with Crippen LogP contribution in [-0.4, -0.2) is 22.7 Å². The highest BCUT2D eigenvalue weighted by molar-refractivity contribution is 5.78. The van der Waals surface area contributed by atoms with Crippen LogP contribution in [0.4, 0.5) is 0 Å². The highest BCUT2D eigenvalue weighted by atomic mass is 16.5. The topological polar surface area (TPSA) is 40.5 Å². The van der Waals surface area contributed by atoms with Gasteiger partial charge in [-0.1, -0.05) is 57.4 Å². The van der Waals surface area contributed by atoms with Gasteiger partial charge in [-0.25, -0.2) is 5.06 Å². The van der Waals surface area contributed by atoms with Gasteiger partial charge in [0.1, 0.15) is 0 Å². The van der Waals surface area contributed by atoms with Crippen LogP contribution in [0, 0.1) is 5.92 Å². The lowest BCUT2D eigenvalue weighted by molar-refractivity contribution is -0.166. The van der Waals surface area contributed by atoms with E-state index in [2.05, 4.69) is 12.1 Å². The third-order valence-electron chi connectivity index (χ3n) is 4.27. The lowest BCUT2D eigenvalue weighted by Gasteiger charge is -2.25. The summed E-state index contributed by atoms with van der Waals surface area (Å²) in [7, 11) is 0. The molecular formula is C18H27NO2. The molecule has 1 fully saturated rings. The third-order valence-corrected chi connectivity index (χ3v) is 4.27. The Bertz CT molecular complexity index is 464. The van der Waals surface area contributed by atoms with Crippen LogP contribution in [0.1, 0.15) is 63.0 Å². The Morgan fingerprint density at radius 2 is 1.90 bits per heavy atom. The SMILES string of the molecule is CC(C)CN(O)C(=O)Cc1ccccc1C1CCCCC1. The van der Waals surface area contributed by atoms with E-state index in [1.165, 1.54) is 37.7 Å². The summed E-state index contributed by atoms with van der Waals surface area (Å²) in [6, 6.07) is 8.23. The second kappa shape index (κ2) is 7.60. The first-order chi connectivity index (χ1) is 10.1. The third kappa shape index (κ3) is 4.57. The average Bonchev–Trinajstić information content (AvgIpc) is 2.48. The Morgan fingerprint density at radius 3 is 2.57 bits per heavy atom. The van der Waals surface area contributed by atoms with E-state index in [9.17, 15) is 10.0 Å². The molecule has 0 aliphatic heterocycles. The van der Waals surface area contributed by atoms with Crippen LogP contribution in [-0.2, 0) is 11.2 Å². The van der Waals surface area contributed by atoms with Gasteiger partial charge in [0.05, 0.1) is 13.0 Å². The maximum atomic E-state index is 12.2. The number of hydrogen-bond donors (Lipinski definition) is 1. The minimum Gasteiger partial charge on any atom is -0.286 e. The fraction of sp³-hybridized carbons (Fsp3) is 0.611. The van der Waals surface area contributed by atoms with Crippen molar-refractivity contribution in [1.29, 1.82) is 0 Å². The van der Waals surface area contributed by atoms with E-state index in [-0.39, 0.29) is 11.8 Å². The van der Waals surface area contributed by atoms with Crippen molar-refractivity contribution in [2.24, 2.45) is 5.92 Å². The largest absolute Gasteiger partial charge is 0.286 e. The Morgan fingerprint density at radius 1 is 1.24 bits per heavy atom. The molecule has 0 heterocycles. The number of carbonyl (C=O) groups excluding carboxylic acids is 1. The molecule has 1 aromatic carbocycles. The summed E-state index contributed by atoms with van der Waals surface area (Å²) in [5.41, 5.74) is 2.39. The summed E-state index contributed by atoms with van der Waals surface area (Å²) in [6.07, 6.45) is 6.64. The lowest BCUT2D eigenvalue weighted by Crippen LogP contribution is -2.32. The fourth-order valence-corrected chi connectivity index (χ4v) is 3.21. The quantitative estimate of drug-likeness (QED) is 0.653. The Labute approximate surface area is 127 Å². The number of carbonyl (C=O) groups is 1. The summed E-state index contributed by atoms with van der Waals surface area (Å²) < 4.78 is 0. The lowest BCUT2D eigenvalue weighted by atomic mass is 9.81. The molecule has 0 saturated heterocycles. The summed E-state index contributed by atoms with van der Waals surface area (Å²) in [5, 5.41) is 10.7. The molecule has 0 aromatic heterocycles. The van der Waals surface area contributed by atoms with Crippen LogP contribution in [0.25, 0.3) is 0 Å². The zero-order valence-corrected chi connectivity index (χ0v) is 13.2. The second-order valence-corrected chi connectivity index (χ2v) is 6.58. The number of nitrogens with zero attached hydrogens (tertiary/aromatic N) is 1. The van der Waals surface area contributed by atoms with Gasteiger partial charge in [0.2, 0.25) is 5.91 Å². The standard InChI is InChI=1S/C18H27NO2/c1-14(2)13-19(21)18(20)12-16-10-6-7-11-17(16)15-8-4-3-5-9-15/h6-7,10-11,14-15,21H,3-5,8-9,12-13H2,1-2H3. The minimum absolute atomic E-state index is 0.202. The summed E-state index contributed by atoms with van der Waals surface area (Å²) in [6.45, 7) is 4.38. The number of hydroxylamine groups is 2. The van der Waals surface area contributed by atoms with Crippen molar-refractivity contribution in [2.75, 3.05) is 6.54 Å². The van der Waals surface area contributed by atoms with Gasteiger partial charge in [-0.3, -0.25) is 10.0 Å². The van der Waals surface area contributed by atoms with Crippen molar-refractivity contribution in [2.45, 2.75) is 58.3 Å². The minimum atomic E-state index is -0.202. The van der Waals surface area contributed by atoms with E-state index in [0.717, 1.165) is 10.6 Å². The van der Waals surface area contributed by atoms with E-state index >= 15 is 0 Å². The average molecular weight is 289 g/mol. The van der Waals surface area contributed by atoms with Gasteiger partial charge in [0.25, 0.3) is 0 Å². The number of amides is 1. The van der Waals surface area contributed by atoms with Gasteiger partial charge in [-0.2, -0.15) is 0 Å². The van der Waals surface area contributed by atoms with E-state index in [1.807, 2.05) is 26.0 Å². The van der Waals surface area contributed by atoms with Crippen LogP contribution >= 0.6 is 0 Å². The molecule has 21 heavy (non-hydrogen) atoms. The Hall–Kier alpha value is -1.35. The fourth-order valence-electron chi connectivity index (χ4n) is 3.21. The van der Waals surface area contributed by atoms with E-state index < -0.39 is 0 Å². The van der Waals surface area contributed by atoms with Crippen molar-refractivity contribution < 1.29 is 10.0 Å². The van der Waals surface area contributed by atoms with E-state index in [1.54, 1.807) is 0 Å². The van der Waals surface area contributed by atoms with Crippen molar-refractivity contribution >= 4 is 5.91 Å². The molecule has 0 atom stereocenters. The molecular weight excluding hydrogens is 262 g/mol. The zero-order valence-electron chi connectivity index (χ0n) is 13.2. The molecule has 3 nitrogen and oxygen atoms in total. The Kier molecular flexibility index (Phi) is 5.80. The van der Waals surface area contributed by atoms with Crippen LogP contribution in [0.5, 0.6) is 0 Å². The normalized spacial score (nSPS) is 16.2. The van der Waals surface area contributed by atoms with Crippen molar-refractivity contribution in [3.63, 3.8) is 0 Å². The maximum absolute atomic E-state index is 12.2. The highest BCUT2D eigenvalue weighted by Gasteiger charge is 2.20. The molecule has 1 aliphatic carbocycles. The first kappa shape index (κ1) is 16.0. The number of benzene rings is 1. The molecule has 116 valence electrons. The predicted molar refractivity (Wildman–Crippen MR) is 84.3 cm³/mol. The first-order valence-electron chi connectivity index (χ1n) is 8.15. The van der Waals surface area contributed by atoms with Crippen molar-refractivity contribution in [3.05, 3.63) is 35.4 Å². The number of rotatable bonds is 5. The van der Waals surface area contributed by atoms with Crippen molar-refractivity contribution in [3.8, 4) is 0 Å². The molecule has 1 aliphatic rings. The van der Waals surface area contributed by atoms with Gasteiger partial charge >= 0.3 is 0 Å². The highest BCUT2D eigenvalue weighted by Crippen LogP contribution is 2.34. The molecule has 1 saturated carbocycles. The smallest absolute Gasteiger partial charge is 0.250 e. The van der Waals surface area contributed by atoms with Crippen molar-refractivity contribution in [1.82, 2.24) is 5.06 Å². The van der Waals surface area contributed by atoms with Crippen LogP contribution < -0.4 is 0 Å². The van der Waals surface area contributed by atoms with Gasteiger partial charge in [-0.05, 0) is 35.8 Å². The number of hydrogen-bond acceptors (Lipinski definition) is 2. The second-order valence-electron chi connectivity index (χ2n) is 6.58. The Balaban J connectivity index is 2.07. The van der Waals surface area contributed by atoms with Gasteiger partial charge in [0.15, 0.2) is 0 Å². The van der Waals surface area contributed by atoms with Crippen LogP contribution in [0.3, 0.4) is 0 Å². The zero-order chi connectivity index (χ0) is 15.2. The van der Waals surface area contributed by atoms with Gasteiger partial charge in [0, 0.05) is 0 Å². The summed E-state index contributed by atoms with van der Waals surface area (Å²) in [5.74, 6) is 0.652. The van der Waals surface area contributed by atoms with Crippen LogP contribution in [0.2, 0.25) is 0 Å². The molecule has 0 bridgehead atoms. The van der Waals surface area contributed by atoms with E-state index in [0.29, 0.717) is 18.9 Å². The molecule has 2 rings (SSSR count). The first-order valence-corrected chi connectivity index (χ1v) is 8.15. The monoisotopic (exact) mass is 289 g/mol. The molecule has 0 radical (unpaired) electrons. The molecule has 0 unspecified atom stereocenters. The maximum Gasteiger partial charge on any atom is 0.250 e. The van der Waals surface area contributed by atoms with Crippen LogP contribution in [0.15, 0.2) is 24.3 Å². The predicted octanol–water partition coefficient (Wildman–Crippen LogP) is 4.15. The molecule has 3 heteroatoms. The molecule has 0 spiro atoms. The van der Waals surface area contributed by atoms with Gasteiger partial charge in [-0.15, -0.1) is 0 Å².